The molecule has 0 spiro atoms. The predicted octanol–water partition coefficient (Wildman–Crippen LogP) is 5.52. The van der Waals surface area contributed by atoms with Gasteiger partial charge in [0.15, 0.2) is 5.17 Å². The fraction of sp³-hybridized carbons (Fsp3) is 0.636. The van der Waals surface area contributed by atoms with Crippen molar-refractivity contribution in [1.82, 2.24) is 4.90 Å². The number of hydrogen-bond acceptors (Lipinski definition) is 3. The lowest BCUT2D eigenvalue weighted by molar-refractivity contribution is -0.116. The molecule has 1 amide bonds. The molecule has 0 bridgehead atoms. The van der Waals surface area contributed by atoms with Gasteiger partial charge in [0.1, 0.15) is 0 Å². The normalized spacial score (nSPS) is 21.6. The van der Waals surface area contributed by atoms with Gasteiger partial charge in [0, 0.05) is 31.0 Å². The molecule has 0 aromatic heterocycles. The molecular formula is C22H34ClN3OS. The van der Waals surface area contributed by atoms with Crippen LogP contribution < -0.4 is 5.32 Å². The van der Waals surface area contributed by atoms with E-state index in [1.165, 1.54) is 50.5 Å². The van der Waals surface area contributed by atoms with E-state index < -0.39 is 0 Å². The van der Waals surface area contributed by atoms with Crippen LogP contribution in [0.1, 0.15) is 63.9 Å². The van der Waals surface area contributed by atoms with Gasteiger partial charge in [0.25, 0.3) is 0 Å². The maximum Gasteiger partial charge on any atom is 0.226 e. The van der Waals surface area contributed by atoms with Gasteiger partial charge in [0.05, 0.1) is 6.04 Å². The van der Waals surface area contributed by atoms with Crippen molar-refractivity contribution in [3.8, 4) is 0 Å². The molecule has 1 saturated carbocycles. The topological polar surface area (TPSA) is 44.7 Å². The number of nitrogens with one attached hydrogen (secondary N) is 1. The van der Waals surface area contributed by atoms with Crippen molar-refractivity contribution in [2.75, 3.05) is 18.1 Å². The molecule has 1 saturated heterocycles. The van der Waals surface area contributed by atoms with Crippen molar-refractivity contribution in [3.63, 3.8) is 0 Å². The Morgan fingerprint density at radius 1 is 1.21 bits per heavy atom. The van der Waals surface area contributed by atoms with Crippen molar-refractivity contribution >= 4 is 40.9 Å². The van der Waals surface area contributed by atoms with Crippen LogP contribution in [0.3, 0.4) is 0 Å². The SMILES string of the molecule is CCCCc1ccc(NC(=O)CC2CSC(=NC3CCCCC3)N2C)cc1.Cl. The monoisotopic (exact) mass is 423 g/mol. The number of carbonyl (C=O) groups excluding carboxylic acids is 1. The summed E-state index contributed by atoms with van der Waals surface area (Å²) in [7, 11) is 2.09. The minimum Gasteiger partial charge on any atom is -0.350 e. The van der Waals surface area contributed by atoms with Crippen LogP contribution in [0, 0.1) is 0 Å². The van der Waals surface area contributed by atoms with E-state index in [1.54, 1.807) is 11.8 Å². The number of aliphatic imine (C=N–C) groups is 1. The number of rotatable bonds is 7. The number of halogens is 1. The van der Waals surface area contributed by atoms with Crippen molar-refractivity contribution in [2.24, 2.45) is 4.99 Å². The highest BCUT2D eigenvalue weighted by molar-refractivity contribution is 8.14. The number of hydrogen-bond donors (Lipinski definition) is 1. The average Bonchev–Trinajstić information content (AvgIpc) is 3.01. The van der Waals surface area contributed by atoms with Gasteiger partial charge in [-0.3, -0.25) is 9.79 Å². The molecule has 1 unspecified atom stereocenters. The number of amidine groups is 1. The van der Waals surface area contributed by atoms with Gasteiger partial charge in [-0.1, -0.05) is 56.5 Å². The molecular weight excluding hydrogens is 390 g/mol. The van der Waals surface area contributed by atoms with Crippen LogP contribution in [0.5, 0.6) is 0 Å². The number of nitrogens with zero attached hydrogens (tertiary/aromatic N) is 2. The molecule has 156 valence electrons. The lowest BCUT2D eigenvalue weighted by Crippen LogP contribution is -2.34. The van der Waals surface area contributed by atoms with Gasteiger partial charge >= 0.3 is 0 Å². The Morgan fingerprint density at radius 2 is 1.93 bits per heavy atom. The molecule has 1 heterocycles. The second-order valence-electron chi connectivity index (χ2n) is 7.83. The van der Waals surface area contributed by atoms with Crippen LogP contribution in [0.15, 0.2) is 29.3 Å². The molecule has 1 atom stereocenters. The molecule has 2 fully saturated rings. The van der Waals surface area contributed by atoms with Crippen LogP contribution in [0.4, 0.5) is 5.69 Å². The highest BCUT2D eigenvalue weighted by Gasteiger charge is 2.29. The highest BCUT2D eigenvalue weighted by Crippen LogP contribution is 2.28. The first-order valence-corrected chi connectivity index (χ1v) is 11.5. The maximum atomic E-state index is 12.5. The summed E-state index contributed by atoms with van der Waals surface area (Å²) in [6, 6.07) is 9.01. The minimum absolute atomic E-state index is 0. The lowest BCUT2D eigenvalue weighted by Gasteiger charge is -2.23. The lowest BCUT2D eigenvalue weighted by atomic mass is 9.96. The number of amides is 1. The third-order valence-electron chi connectivity index (χ3n) is 5.60. The molecule has 6 heteroatoms. The van der Waals surface area contributed by atoms with Gasteiger partial charge in [-0.2, -0.15) is 0 Å². The van der Waals surface area contributed by atoms with E-state index in [9.17, 15) is 4.79 Å². The molecule has 4 nitrogen and oxygen atoms in total. The summed E-state index contributed by atoms with van der Waals surface area (Å²) in [6.07, 6.45) is 10.4. The molecule has 1 aliphatic carbocycles. The van der Waals surface area contributed by atoms with Gasteiger partial charge in [0.2, 0.25) is 5.91 Å². The largest absolute Gasteiger partial charge is 0.350 e. The van der Waals surface area contributed by atoms with Crippen molar-refractivity contribution in [3.05, 3.63) is 29.8 Å². The van der Waals surface area contributed by atoms with E-state index in [0.717, 1.165) is 23.0 Å². The summed E-state index contributed by atoms with van der Waals surface area (Å²) in [4.78, 5) is 19.7. The zero-order valence-electron chi connectivity index (χ0n) is 17.2. The first kappa shape index (κ1) is 23.1. The smallest absolute Gasteiger partial charge is 0.226 e. The fourth-order valence-electron chi connectivity index (χ4n) is 3.79. The molecule has 3 rings (SSSR count). The molecule has 1 aliphatic heterocycles. The molecule has 0 radical (unpaired) electrons. The van der Waals surface area contributed by atoms with Gasteiger partial charge in [-0.05, 0) is 43.4 Å². The third-order valence-corrected chi connectivity index (χ3v) is 6.80. The van der Waals surface area contributed by atoms with Crippen LogP contribution in [0.25, 0.3) is 0 Å². The number of benzene rings is 1. The van der Waals surface area contributed by atoms with Gasteiger partial charge < -0.3 is 10.2 Å². The van der Waals surface area contributed by atoms with Crippen molar-refractivity contribution < 1.29 is 4.79 Å². The summed E-state index contributed by atoms with van der Waals surface area (Å²) < 4.78 is 0. The Hall–Kier alpha value is -1.20. The van der Waals surface area contributed by atoms with Crippen molar-refractivity contribution in [2.45, 2.75) is 76.8 Å². The van der Waals surface area contributed by atoms with E-state index >= 15 is 0 Å². The second-order valence-corrected chi connectivity index (χ2v) is 8.82. The van der Waals surface area contributed by atoms with Crippen molar-refractivity contribution in [1.29, 1.82) is 0 Å². The fourth-order valence-corrected chi connectivity index (χ4v) is 5.05. The summed E-state index contributed by atoms with van der Waals surface area (Å²) >= 11 is 1.81. The molecule has 1 N–H and O–H groups in total. The third kappa shape index (κ3) is 6.70. The highest BCUT2D eigenvalue weighted by atomic mass is 35.5. The first-order chi connectivity index (χ1) is 13.2. The van der Waals surface area contributed by atoms with Crippen LogP contribution in [0.2, 0.25) is 0 Å². The summed E-state index contributed by atoms with van der Waals surface area (Å²) in [6.45, 7) is 2.21. The summed E-state index contributed by atoms with van der Waals surface area (Å²) in [5.41, 5.74) is 2.23. The van der Waals surface area contributed by atoms with E-state index in [-0.39, 0.29) is 24.4 Å². The van der Waals surface area contributed by atoms with E-state index in [0.29, 0.717) is 12.5 Å². The second kappa shape index (κ2) is 11.7. The van der Waals surface area contributed by atoms with E-state index in [1.807, 2.05) is 12.1 Å². The Balaban J connectivity index is 0.00000280. The Labute approximate surface area is 180 Å². The molecule has 1 aromatic carbocycles. The van der Waals surface area contributed by atoms with Gasteiger partial charge in [-0.15, -0.1) is 12.4 Å². The number of carbonyl (C=O) groups is 1. The molecule has 2 aliphatic rings. The van der Waals surface area contributed by atoms with E-state index in [2.05, 4.69) is 36.3 Å². The predicted molar refractivity (Wildman–Crippen MR) is 124 cm³/mol. The number of aryl methyl sites for hydroxylation is 1. The molecule has 28 heavy (non-hydrogen) atoms. The standard InChI is InChI=1S/C22H33N3OS.ClH/c1-3-4-8-17-11-13-19(14-12-17)23-21(26)15-20-16-27-22(25(20)2)24-18-9-6-5-7-10-18;/h11-14,18,20H,3-10,15-16H2,1-2H3,(H,23,26);1H. The summed E-state index contributed by atoms with van der Waals surface area (Å²) in [5, 5.41) is 4.18. The Kier molecular flexibility index (Phi) is 9.66. The van der Waals surface area contributed by atoms with Gasteiger partial charge in [-0.25, -0.2) is 0 Å². The minimum atomic E-state index is 0. The number of anilines is 1. The molecule has 1 aromatic rings. The summed E-state index contributed by atoms with van der Waals surface area (Å²) in [5.74, 6) is 1.04. The maximum absolute atomic E-state index is 12.5. The quantitative estimate of drug-likeness (QED) is 0.628. The number of unbranched alkanes of at least 4 members (excludes halogenated alkanes) is 1. The first-order valence-electron chi connectivity index (χ1n) is 10.5. The number of thioether (sulfide) groups is 1. The van der Waals surface area contributed by atoms with Crippen LogP contribution >= 0.6 is 24.2 Å². The zero-order valence-corrected chi connectivity index (χ0v) is 18.8. The van der Waals surface area contributed by atoms with Crippen LogP contribution in [-0.2, 0) is 11.2 Å². The Bertz CT molecular complexity index is 644. The zero-order chi connectivity index (χ0) is 19.1. The van der Waals surface area contributed by atoms with Crippen LogP contribution in [-0.4, -0.2) is 40.9 Å². The van der Waals surface area contributed by atoms with E-state index in [4.69, 9.17) is 4.99 Å². The Morgan fingerprint density at radius 3 is 2.61 bits per heavy atom. The average molecular weight is 424 g/mol.